The summed E-state index contributed by atoms with van der Waals surface area (Å²) in [7, 11) is 0. The van der Waals surface area contributed by atoms with Gasteiger partial charge in [-0.15, -0.1) is 0 Å². The van der Waals surface area contributed by atoms with Gasteiger partial charge in [-0.3, -0.25) is 4.79 Å². The molecule has 5 heteroatoms. The molecule has 0 radical (unpaired) electrons. The number of rotatable bonds is 3. The number of anilines is 3. The zero-order valence-electron chi connectivity index (χ0n) is 10.2. The van der Waals surface area contributed by atoms with Crippen LogP contribution in [-0.4, -0.2) is 5.78 Å². The minimum atomic E-state index is -0.0360. The Morgan fingerprint density at radius 1 is 1.16 bits per heavy atom. The van der Waals surface area contributed by atoms with Gasteiger partial charge in [0.2, 0.25) is 0 Å². The first-order valence-corrected chi connectivity index (χ1v) is 7.19. The van der Waals surface area contributed by atoms with E-state index in [9.17, 15) is 4.79 Å². The Kier molecular flexibility index (Phi) is 4.27. The maximum Gasteiger partial charge on any atom is 0.161 e. The molecule has 0 amide bonds. The molecule has 0 unspecified atom stereocenters. The van der Waals surface area contributed by atoms with E-state index in [1.807, 2.05) is 24.3 Å². The van der Waals surface area contributed by atoms with E-state index in [4.69, 9.17) is 5.73 Å². The molecule has 0 aliphatic carbocycles. The molecule has 0 atom stereocenters. The highest BCUT2D eigenvalue weighted by molar-refractivity contribution is 9.11. The smallest absolute Gasteiger partial charge is 0.161 e. The number of benzene rings is 2. The standard InChI is InChI=1S/C14H12Br2N2O/c1-8(19)10-6-5-9(7-13(10)17)18-14-11(15)3-2-4-12(14)16/h2-7,18H,17H2,1H3. The number of para-hydroxylation sites is 1. The predicted molar refractivity (Wildman–Crippen MR) is 86.0 cm³/mol. The third-order valence-corrected chi connectivity index (χ3v) is 3.98. The van der Waals surface area contributed by atoms with E-state index in [0.29, 0.717) is 11.3 Å². The number of ketones is 1. The van der Waals surface area contributed by atoms with E-state index < -0.39 is 0 Å². The fraction of sp³-hybridized carbons (Fsp3) is 0.0714. The average Bonchev–Trinajstić information content (AvgIpc) is 2.33. The molecule has 0 spiro atoms. The number of nitrogen functional groups attached to an aromatic ring is 1. The van der Waals surface area contributed by atoms with Crippen molar-refractivity contribution < 1.29 is 4.79 Å². The van der Waals surface area contributed by atoms with Gasteiger partial charge in [0.15, 0.2) is 5.78 Å². The van der Waals surface area contributed by atoms with Crippen LogP contribution >= 0.6 is 31.9 Å². The van der Waals surface area contributed by atoms with E-state index in [1.54, 1.807) is 12.1 Å². The minimum Gasteiger partial charge on any atom is -0.398 e. The number of nitrogens with two attached hydrogens (primary N) is 1. The summed E-state index contributed by atoms with van der Waals surface area (Å²) in [4.78, 5) is 11.3. The van der Waals surface area contributed by atoms with Gasteiger partial charge in [-0.2, -0.15) is 0 Å². The van der Waals surface area contributed by atoms with Crippen molar-refractivity contribution in [3.8, 4) is 0 Å². The molecule has 3 nitrogen and oxygen atoms in total. The molecule has 0 saturated heterocycles. The van der Waals surface area contributed by atoms with E-state index in [0.717, 1.165) is 20.3 Å². The van der Waals surface area contributed by atoms with Crippen molar-refractivity contribution in [1.82, 2.24) is 0 Å². The zero-order chi connectivity index (χ0) is 14.0. The lowest BCUT2D eigenvalue weighted by atomic mass is 10.1. The van der Waals surface area contributed by atoms with Crippen LogP contribution in [0.3, 0.4) is 0 Å². The van der Waals surface area contributed by atoms with Crippen LogP contribution in [0.2, 0.25) is 0 Å². The number of hydrogen-bond acceptors (Lipinski definition) is 3. The Morgan fingerprint density at radius 2 is 1.79 bits per heavy atom. The summed E-state index contributed by atoms with van der Waals surface area (Å²) < 4.78 is 1.88. The Balaban J connectivity index is 2.34. The first kappa shape index (κ1) is 14.1. The van der Waals surface area contributed by atoms with Crippen molar-refractivity contribution in [1.29, 1.82) is 0 Å². The van der Waals surface area contributed by atoms with Crippen molar-refractivity contribution in [2.45, 2.75) is 6.92 Å². The van der Waals surface area contributed by atoms with Crippen LogP contribution in [0.25, 0.3) is 0 Å². The molecule has 2 rings (SSSR count). The van der Waals surface area contributed by atoms with E-state index >= 15 is 0 Å². The molecule has 0 saturated carbocycles. The van der Waals surface area contributed by atoms with Gasteiger partial charge in [-0.1, -0.05) is 6.07 Å². The third kappa shape index (κ3) is 3.16. The number of carbonyl (C=O) groups excluding carboxylic acids is 1. The van der Waals surface area contributed by atoms with Gasteiger partial charge in [0.05, 0.1) is 5.69 Å². The van der Waals surface area contributed by atoms with Gasteiger partial charge in [0.25, 0.3) is 0 Å². The number of hydrogen-bond donors (Lipinski definition) is 2. The van der Waals surface area contributed by atoms with Gasteiger partial charge in [0.1, 0.15) is 0 Å². The summed E-state index contributed by atoms with van der Waals surface area (Å²) in [6.45, 7) is 1.50. The lowest BCUT2D eigenvalue weighted by Crippen LogP contribution is -2.01. The molecule has 19 heavy (non-hydrogen) atoms. The fourth-order valence-corrected chi connectivity index (χ4v) is 2.92. The van der Waals surface area contributed by atoms with Gasteiger partial charge in [0, 0.05) is 25.9 Å². The lowest BCUT2D eigenvalue weighted by molar-refractivity contribution is 0.101. The largest absolute Gasteiger partial charge is 0.398 e. The molecular formula is C14H12Br2N2O. The molecule has 98 valence electrons. The number of nitrogens with one attached hydrogen (secondary N) is 1. The first-order valence-electron chi connectivity index (χ1n) is 5.60. The monoisotopic (exact) mass is 382 g/mol. The van der Waals surface area contributed by atoms with Crippen molar-refractivity contribution in [2.75, 3.05) is 11.1 Å². The van der Waals surface area contributed by atoms with Crippen LogP contribution < -0.4 is 11.1 Å². The third-order valence-electron chi connectivity index (χ3n) is 2.66. The van der Waals surface area contributed by atoms with Crippen LogP contribution in [0.5, 0.6) is 0 Å². The fourth-order valence-electron chi connectivity index (χ4n) is 1.72. The topological polar surface area (TPSA) is 55.1 Å². The van der Waals surface area contributed by atoms with Crippen molar-refractivity contribution in [2.24, 2.45) is 0 Å². The van der Waals surface area contributed by atoms with Gasteiger partial charge >= 0.3 is 0 Å². The van der Waals surface area contributed by atoms with Crippen molar-refractivity contribution >= 4 is 54.7 Å². The number of carbonyl (C=O) groups is 1. The highest BCUT2D eigenvalue weighted by Crippen LogP contribution is 2.33. The number of Topliss-reactive ketones (excluding diaryl/α,β-unsaturated/α-hetero) is 1. The van der Waals surface area contributed by atoms with Gasteiger partial charge < -0.3 is 11.1 Å². The second-order valence-corrected chi connectivity index (χ2v) is 5.79. The van der Waals surface area contributed by atoms with E-state index in [2.05, 4.69) is 37.2 Å². The van der Waals surface area contributed by atoms with Crippen LogP contribution in [0.15, 0.2) is 45.3 Å². The molecular weight excluding hydrogens is 372 g/mol. The Hall–Kier alpha value is -1.33. The number of halogens is 2. The highest BCUT2D eigenvalue weighted by atomic mass is 79.9. The van der Waals surface area contributed by atoms with E-state index in [1.165, 1.54) is 6.92 Å². The normalized spacial score (nSPS) is 10.3. The second kappa shape index (κ2) is 5.75. The summed E-state index contributed by atoms with van der Waals surface area (Å²) in [5, 5.41) is 3.26. The summed E-state index contributed by atoms with van der Waals surface area (Å²) in [6, 6.07) is 11.1. The highest BCUT2D eigenvalue weighted by Gasteiger charge is 2.08. The first-order chi connectivity index (χ1) is 8.99. The molecule has 2 aromatic rings. The molecule has 0 heterocycles. The molecule has 3 N–H and O–H groups in total. The molecule has 0 aliphatic rings. The Labute approximate surface area is 128 Å². The summed E-state index contributed by atoms with van der Waals surface area (Å²) in [6.07, 6.45) is 0. The molecule has 2 aromatic carbocycles. The molecule has 0 aliphatic heterocycles. The summed E-state index contributed by atoms with van der Waals surface area (Å²) >= 11 is 6.97. The van der Waals surface area contributed by atoms with Crippen molar-refractivity contribution in [3.63, 3.8) is 0 Å². The summed E-state index contributed by atoms with van der Waals surface area (Å²) in [5.74, 6) is -0.0360. The molecule has 0 fully saturated rings. The van der Waals surface area contributed by atoms with Gasteiger partial charge in [-0.25, -0.2) is 0 Å². The van der Waals surface area contributed by atoms with Crippen LogP contribution in [0, 0.1) is 0 Å². The average molecular weight is 384 g/mol. The van der Waals surface area contributed by atoms with Crippen molar-refractivity contribution in [3.05, 3.63) is 50.9 Å². The zero-order valence-corrected chi connectivity index (χ0v) is 13.4. The maximum absolute atomic E-state index is 11.3. The Bertz CT molecular complexity index is 621. The van der Waals surface area contributed by atoms with E-state index in [-0.39, 0.29) is 5.78 Å². The maximum atomic E-state index is 11.3. The van der Waals surface area contributed by atoms with Crippen LogP contribution in [0.4, 0.5) is 17.1 Å². The summed E-state index contributed by atoms with van der Waals surface area (Å²) in [5.41, 5.74) is 8.62. The minimum absolute atomic E-state index is 0.0360. The quantitative estimate of drug-likeness (QED) is 0.594. The van der Waals surface area contributed by atoms with Crippen LogP contribution in [-0.2, 0) is 0 Å². The second-order valence-electron chi connectivity index (χ2n) is 4.08. The molecule has 0 bridgehead atoms. The van der Waals surface area contributed by atoms with Gasteiger partial charge in [-0.05, 0) is 69.1 Å². The SMILES string of the molecule is CC(=O)c1ccc(Nc2c(Br)cccc2Br)cc1N. The predicted octanol–water partition coefficient (Wildman–Crippen LogP) is 4.74. The Morgan fingerprint density at radius 3 is 2.32 bits per heavy atom. The lowest BCUT2D eigenvalue weighted by Gasteiger charge is -2.12. The molecule has 0 aromatic heterocycles. The van der Waals surface area contributed by atoms with Crippen LogP contribution in [0.1, 0.15) is 17.3 Å².